The fourth-order valence-electron chi connectivity index (χ4n) is 3.95. The molecule has 0 saturated carbocycles. The number of fused-ring (bicyclic) bond motifs is 1. The number of pyridine rings is 1. The van der Waals surface area contributed by atoms with Gasteiger partial charge in [0.1, 0.15) is 10.7 Å². The van der Waals surface area contributed by atoms with Crippen molar-refractivity contribution in [3.05, 3.63) is 53.7 Å². The summed E-state index contributed by atoms with van der Waals surface area (Å²) in [6, 6.07) is 12.2. The number of sulfonamides is 1. The minimum atomic E-state index is -3.42. The lowest BCUT2D eigenvalue weighted by Gasteiger charge is -2.27. The molecule has 0 amide bonds. The minimum absolute atomic E-state index is 0.233. The molecule has 0 bridgehead atoms. The molecule has 2 aliphatic rings. The van der Waals surface area contributed by atoms with E-state index in [1.807, 2.05) is 0 Å². The predicted octanol–water partition coefficient (Wildman–Crippen LogP) is 3.75. The third-order valence-electron chi connectivity index (χ3n) is 5.38. The van der Waals surface area contributed by atoms with E-state index in [1.165, 1.54) is 17.3 Å². The maximum Gasteiger partial charge on any atom is 0.244 e. The fourth-order valence-corrected chi connectivity index (χ4v) is 5.42. The second kappa shape index (κ2) is 7.37. The minimum Gasteiger partial charge on any atom is -0.363 e. The molecule has 1 fully saturated rings. The molecule has 1 unspecified atom stereocenters. The van der Waals surface area contributed by atoms with Crippen LogP contribution >= 0.6 is 0 Å². The molecule has 1 aromatic carbocycles. The number of rotatable bonds is 4. The van der Waals surface area contributed by atoms with Crippen molar-refractivity contribution in [3.63, 3.8) is 0 Å². The first-order valence-corrected chi connectivity index (χ1v) is 10.9. The topological polar surface area (TPSA) is 62.3 Å². The van der Waals surface area contributed by atoms with Crippen LogP contribution in [0.1, 0.15) is 49.3 Å². The van der Waals surface area contributed by atoms with Crippen LogP contribution in [0.2, 0.25) is 0 Å². The molecule has 1 aliphatic heterocycles. The predicted molar refractivity (Wildman–Crippen MR) is 103 cm³/mol. The van der Waals surface area contributed by atoms with E-state index >= 15 is 0 Å². The normalized spacial score (nSPS) is 21.2. The number of aromatic nitrogens is 1. The monoisotopic (exact) mass is 371 g/mol. The standard InChI is InChI=1S/C20H25N3O2S/c24-26(25,23-13-4-1-5-14-23)17-11-12-20(21-15-17)22-19-10-6-8-16-7-2-3-9-18(16)19/h2-3,7,9,11-12,15,19H,1,4-6,8,10,13-14H2,(H,21,22). The molecule has 1 aromatic heterocycles. The Balaban J connectivity index is 1.50. The maximum absolute atomic E-state index is 12.7. The zero-order valence-electron chi connectivity index (χ0n) is 14.9. The van der Waals surface area contributed by atoms with Gasteiger partial charge in [-0.1, -0.05) is 30.7 Å². The van der Waals surface area contributed by atoms with Crippen LogP contribution in [0.5, 0.6) is 0 Å². The van der Waals surface area contributed by atoms with E-state index in [2.05, 4.69) is 34.6 Å². The number of benzene rings is 1. The summed E-state index contributed by atoms with van der Waals surface area (Å²) >= 11 is 0. The van der Waals surface area contributed by atoms with Gasteiger partial charge in [0, 0.05) is 19.3 Å². The third kappa shape index (κ3) is 3.48. The van der Waals surface area contributed by atoms with E-state index < -0.39 is 10.0 Å². The van der Waals surface area contributed by atoms with E-state index in [4.69, 9.17) is 0 Å². The van der Waals surface area contributed by atoms with Crippen molar-refractivity contribution in [1.82, 2.24) is 9.29 Å². The fraction of sp³-hybridized carbons (Fsp3) is 0.450. The molecule has 138 valence electrons. The van der Waals surface area contributed by atoms with E-state index in [9.17, 15) is 8.42 Å². The number of hydrogen-bond donors (Lipinski definition) is 1. The van der Waals surface area contributed by atoms with Crippen LogP contribution in [0.15, 0.2) is 47.5 Å². The molecular weight excluding hydrogens is 346 g/mol. The highest BCUT2D eigenvalue weighted by molar-refractivity contribution is 7.89. The molecule has 6 heteroatoms. The molecule has 2 heterocycles. The maximum atomic E-state index is 12.7. The number of hydrogen-bond acceptors (Lipinski definition) is 4. The quantitative estimate of drug-likeness (QED) is 0.889. The zero-order chi connectivity index (χ0) is 18.0. The van der Waals surface area contributed by atoms with Crippen LogP contribution in [-0.4, -0.2) is 30.8 Å². The lowest BCUT2D eigenvalue weighted by molar-refractivity contribution is 0.346. The second-order valence-corrected chi connectivity index (χ2v) is 9.07. The smallest absolute Gasteiger partial charge is 0.244 e. The summed E-state index contributed by atoms with van der Waals surface area (Å²) in [5.41, 5.74) is 2.71. The number of aryl methyl sites for hydroxylation is 1. The van der Waals surface area contributed by atoms with Gasteiger partial charge < -0.3 is 5.32 Å². The number of piperidine rings is 1. The van der Waals surface area contributed by atoms with Gasteiger partial charge in [0.05, 0.1) is 6.04 Å². The number of nitrogens with one attached hydrogen (secondary N) is 1. The van der Waals surface area contributed by atoms with Gasteiger partial charge in [-0.15, -0.1) is 0 Å². The lowest BCUT2D eigenvalue weighted by atomic mass is 9.88. The van der Waals surface area contributed by atoms with Crippen LogP contribution in [0.4, 0.5) is 5.82 Å². The van der Waals surface area contributed by atoms with Crippen molar-refractivity contribution >= 4 is 15.8 Å². The number of anilines is 1. The average molecular weight is 372 g/mol. The number of nitrogens with zero attached hydrogens (tertiary/aromatic N) is 2. The highest BCUT2D eigenvalue weighted by atomic mass is 32.2. The Morgan fingerprint density at radius 1 is 1.00 bits per heavy atom. The summed E-state index contributed by atoms with van der Waals surface area (Å²) in [4.78, 5) is 4.68. The van der Waals surface area contributed by atoms with E-state index in [0.717, 1.165) is 44.3 Å². The Labute approximate surface area is 155 Å². The molecule has 2 aromatic rings. The molecule has 1 saturated heterocycles. The lowest BCUT2D eigenvalue weighted by Crippen LogP contribution is -2.35. The third-order valence-corrected chi connectivity index (χ3v) is 7.26. The highest BCUT2D eigenvalue weighted by Gasteiger charge is 2.26. The van der Waals surface area contributed by atoms with Crippen molar-refractivity contribution in [2.75, 3.05) is 18.4 Å². The van der Waals surface area contributed by atoms with Gasteiger partial charge in [-0.25, -0.2) is 13.4 Å². The molecule has 0 radical (unpaired) electrons. The largest absolute Gasteiger partial charge is 0.363 e. The first-order chi connectivity index (χ1) is 12.6. The molecule has 1 aliphatic carbocycles. The molecule has 0 spiro atoms. The first-order valence-electron chi connectivity index (χ1n) is 9.45. The SMILES string of the molecule is O=S(=O)(c1ccc(NC2CCCc3ccccc32)nc1)N1CCCCC1. The first kappa shape index (κ1) is 17.5. The van der Waals surface area contributed by atoms with Crippen molar-refractivity contribution in [2.45, 2.75) is 49.5 Å². The summed E-state index contributed by atoms with van der Waals surface area (Å²) in [6.07, 6.45) is 7.80. The average Bonchev–Trinajstić information content (AvgIpc) is 2.69. The molecule has 1 atom stereocenters. The summed E-state index contributed by atoms with van der Waals surface area (Å²) in [5, 5.41) is 3.48. The second-order valence-electron chi connectivity index (χ2n) is 7.13. The van der Waals surface area contributed by atoms with Crippen molar-refractivity contribution < 1.29 is 8.42 Å². The highest BCUT2D eigenvalue weighted by Crippen LogP contribution is 2.32. The molecule has 1 N–H and O–H groups in total. The molecule has 5 nitrogen and oxygen atoms in total. The summed E-state index contributed by atoms with van der Waals surface area (Å²) in [5.74, 6) is 0.726. The van der Waals surface area contributed by atoms with E-state index in [1.54, 1.807) is 16.4 Å². The molecular formula is C20H25N3O2S. The Morgan fingerprint density at radius 3 is 2.58 bits per heavy atom. The Bertz CT molecular complexity index is 859. The van der Waals surface area contributed by atoms with E-state index in [0.29, 0.717) is 13.1 Å². The van der Waals surface area contributed by atoms with Crippen LogP contribution in [0.3, 0.4) is 0 Å². The summed E-state index contributed by atoms with van der Waals surface area (Å²) in [6.45, 7) is 1.22. The van der Waals surface area contributed by atoms with Crippen molar-refractivity contribution in [1.29, 1.82) is 0 Å². The molecule has 26 heavy (non-hydrogen) atoms. The van der Waals surface area contributed by atoms with Gasteiger partial charge >= 0.3 is 0 Å². The van der Waals surface area contributed by atoms with Gasteiger partial charge in [-0.3, -0.25) is 0 Å². The van der Waals surface area contributed by atoms with Crippen LogP contribution in [0, 0.1) is 0 Å². The summed E-state index contributed by atoms with van der Waals surface area (Å²) in [7, 11) is -3.42. The van der Waals surface area contributed by atoms with Gasteiger partial charge in [0.2, 0.25) is 10.0 Å². The Hall–Kier alpha value is -1.92. The van der Waals surface area contributed by atoms with Crippen LogP contribution in [-0.2, 0) is 16.4 Å². The Morgan fingerprint density at radius 2 is 1.81 bits per heavy atom. The summed E-state index contributed by atoms with van der Waals surface area (Å²) < 4.78 is 27.0. The zero-order valence-corrected chi connectivity index (χ0v) is 15.7. The van der Waals surface area contributed by atoms with Gasteiger partial charge in [-0.05, 0) is 55.4 Å². The van der Waals surface area contributed by atoms with Gasteiger partial charge in [0.25, 0.3) is 0 Å². The molecule has 4 rings (SSSR count). The van der Waals surface area contributed by atoms with E-state index in [-0.39, 0.29) is 10.9 Å². The van der Waals surface area contributed by atoms with Crippen molar-refractivity contribution in [3.8, 4) is 0 Å². The van der Waals surface area contributed by atoms with Gasteiger partial charge in [0.15, 0.2) is 0 Å². The van der Waals surface area contributed by atoms with Crippen LogP contribution < -0.4 is 5.32 Å². The van der Waals surface area contributed by atoms with Crippen molar-refractivity contribution in [2.24, 2.45) is 0 Å². The van der Waals surface area contributed by atoms with Crippen LogP contribution in [0.25, 0.3) is 0 Å². The van der Waals surface area contributed by atoms with Gasteiger partial charge in [-0.2, -0.15) is 4.31 Å². The Kier molecular flexibility index (Phi) is 4.96.